The van der Waals surface area contributed by atoms with Gasteiger partial charge in [-0.15, -0.1) is 0 Å². The third-order valence-corrected chi connectivity index (χ3v) is 3.46. The van der Waals surface area contributed by atoms with Crippen molar-refractivity contribution in [2.24, 2.45) is 0 Å². The summed E-state index contributed by atoms with van der Waals surface area (Å²) in [5.74, 6) is 0. The van der Waals surface area contributed by atoms with Gasteiger partial charge in [0, 0.05) is 23.2 Å². The van der Waals surface area contributed by atoms with E-state index in [4.69, 9.17) is 5.10 Å². The van der Waals surface area contributed by atoms with Gasteiger partial charge in [-0.2, -0.15) is 5.10 Å². The van der Waals surface area contributed by atoms with Crippen LogP contribution in [0.15, 0.2) is 42.7 Å². The number of aromatic nitrogens is 3. The van der Waals surface area contributed by atoms with Gasteiger partial charge in [0.15, 0.2) is 0 Å². The molecule has 0 spiro atoms. The van der Waals surface area contributed by atoms with Gasteiger partial charge in [-0.25, -0.2) is 4.68 Å². The molecule has 0 radical (unpaired) electrons. The standard InChI is InChI=1S/C17H19N3.C2H6/c1-12-11-20(19-16(12)17(2,3)4)14-8-7-13-6-5-9-18-15(13)10-14;1-2/h5-11H,1-4H3;1-2H3. The molecule has 2 heterocycles. The Hall–Kier alpha value is -2.16. The van der Waals surface area contributed by atoms with E-state index in [0.29, 0.717) is 0 Å². The highest BCUT2D eigenvalue weighted by molar-refractivity contribution is 5.80. The monoisotopic (exact) mass is 295 g/mol. The number of nitrogens with zero attached hydrogens (tertiary/aromatic N) is 3. The lowest BCUT2D eigenvalue weighted by Gasteiger charge is -2.16. The van der Waals surface area contributed by atoms with Crippen LogP contribution in [0.3, 0.4) is 0 Å². The number of benzene rings is 1. The second kappa shape index (κ2) is 6.30. The van der Waals surface area contributed by atoms with Crippen molar-refractivity contribution >= 4 is 10.9 Å². The Morgan fingerprint density at radius 1 is 1.05 bits per heavy atom. The molecular formula is C19H25N3. The van der Waals surface area contributed by atoms with E-state index in [1.54, 1.807) is 0 Å². The molecule has 0 saturated carbocycles. The van der Waals surface area contributed by atoms with Crippen LogP contribution in [-0.2, 0) is 5.41 Å². The van der Waals surface area contributed by atoms with Gasteiger partial charge >= 0.3 is 0 Å². The van der Waals surface area contributed by atoms with Crippen molar-refractivity contribution < 1.29 is 0 Å². The topological polar surface area (TPSA) is 30.7 Å². The lowest BCUT2D eigenvalue weighted by molar-refractivity contribution is 0.557. The van der Waals surface area contributed by atoms with Gasteiger partial charge in [-0.05, 0) is 30.7 Å². The number of hydrogen-bond acceptors (Lipinski definition) is 2. The Kier molecular flexibility index (Phi) is 4.65. The average molecular weight is 295 g/mol. The van der Waals surface area contributed by atoms with Crippen LogP contribution in [0, 0.1) is 6.92 Å². The normalized spacial score (nSPS) is 11.2. The van der Waals surface area contributed by atoms with E-state index in [-0.39, 0.29) is 5.41 Å². The van der Waals surface area contributed by atoms with Crippen molar-refractivity contribution in [1.29, 1.82) is 0 Å². The zero-order valence-electron chi connectivity index (χ0n) is 14.4. The molecule has 0 aliphatic rings. The molecule has 0 atom stereocenters. The van der Waals surface area contributed by atoms with Crippen LogP contribution in [-0.4, -0.2) is 14.8 Å². The number of fused-ring (bicyclic) bond motifs is 1. The highest BCUT2D eigenvalue weighted by atomic mass is 15.3. The molecule has 2 aromatic heterocycles. The third kappa shape index (κ3) is 3.19. The van der Waals surface area contributed by atoms with Crippen LogP contribution in [0.1, 0.15) is 45.9 Å². The smallest absolute Gasteiger partial charge is 0.0723 e. The van der Waals surface area contributed by atoms with Crippen molar-refractivity contribution in [2.45, 2.75) is 47.0 Å². The quantitative estimate of drug-likeness (QED) is 0.628. The third-order valence-electron chi connectivity index (χ3n) is 3.46. The molecule has 0 saturated heterocycles. The SMILES string of the molecule is CC.Cc1cn(-c2ccc3cccnc3c2)nc1C(C)(C)C. The Morgan fingerprint density at radius 2 is 1.77 bits per heavy atom. The van der Waals surface area contributed by atoms with Crippen LogP contribution in [0.25, 0.3) is 16.6 Å². The molecule has 22 heavy (non-hydrogen) atoms. The fourth-order valence-corrected chi connectivity index (χ4v) is 2.53. The summed E-state index contributed by atoms with van der Waals surface area (Å²) in [4.78, 5) is 4.40. The minimum atomic E-state index is 0.0600. The molecule has 0 aliphatic carbocycles. The minimum absolute atomic E-state index is 0.0600. The first-order valence-electron chi connectivity index (χ1n) is 7.87. The molecule has 0 fully saturated rings. The fraction of sp³-hybridized carbons (Fsp3) is 0.368. The molecule has 3 nitrogen and oxygen atoms in total. The molecular weight excluding hydrogens is 270 g/mol. The largest absolute Gasteiger partial charge is 0.256 e. The first-order chi connectivity index (χ1) is 10.4. The number of rotatable bonds is 1. The van der Waals surface area contributed by atoms with E-state index >= 15 is 0 Å². The van der Waals surface area contributed by atoms with E-state index in [9.17, 15) is 0 Å². The van der Waals surface area contributed by atoms with E-state index < -0.39 is 0 Å². The van der Waals surface area contributed by atoms with E-state index in [1.807, 2.05) is 30.8 Å². The van der Waals surface area contributed by atoms with Crippen molar-refractivity contribution in [3.05, 3.63) is 54.0 Å². The molecule has 3 aromatic rings. The number of hydrogen-bond donors (Lipinski definition) is 0. The summed E-state index contributed by atoms with van der Waals surface area (Å²) in [7, 11) is 0. The summed E-state index contributed by atoms with van der Waals surface area (Å²) >= 11 is 0. The van der Waals surface area contributed by atoms with Crippen LogP contribution in [0.2, 0.25) is 0 Å². The highest BCUT2D eigenvalue weighted by Gasteiger charge is 2.20. The zero-order valence-corrected chi connectivity index (χ0v) is 14.4. The van der Waals surface area contributed by atoms with Gasteiger partial charge in [0.1, 0.15) is 0 Å². The molecule has 3 rings (SSSR count). The summed E-state index contributed by atoms with van der Waals surface area (Å²) in [6.45, 7) is 12.7. The predicted molar refractivity (Wildman–Crippen MR) is 93.7 cm³/mol. The Bertz CT molecular complexity index is 764. The van der Waals surface area contributed by atoms with Crippen molar-refractivity contribution in [1.82, 2.24) is 14.8 Å². The molecule has 1 aromatic carbocycles. The summed E-state index contributed by atoms with van der Waals surface area (Å²) in [5.41, 5.74) is 4.47. The molecule has 116 valence electrons. The van der Waals surface area contributed by atoms with Crippen molar-refractivity contribution in [3.63, 3.8) is 0 Å². The first kappa shape index (κ1) is 16.2. The Morgan fingerprint density at radius 3 is 2.41 bits per heavy atom. The molecule has 0 aliphatic heterocycles. The predicted octanol–water partition coefficient (Wildman–Crippen LogP) is 5.05. The van der Waals surface area contributed by atoms with E-state index in [1.165, 1.54) is 5.56 Å². The number of pyridine rings is 1. The number of aryl methyl sites for hydroxylation is 1. The second-order valence-electron chi connectivity index (χ2n) is 6.24. The van der Waals surface area contributed by atoms with Crippen LogP contribution >= 0.6 is 0 Å². The molecule has 3 heteroatoms. The van der Waals surface area contributed by atoms with Gasteiger partial charge in [-0.3, -0.25) is 4.98 Å². The maximum absolute atomic E-state index is 4.75. The fourth-order valence-electron chi connectivity index (χ4n) is 2.53. The summed E-state index contributed by atoms with van der Waals surface area (Å²) < 4.78 is 1.95. The maximum Gasteiger partial charge on any atom is 0.0723 e. The molecule has 0 amide bonds. The van der Waals surface area contributed by atoms with Gasteiger partial charge in [-0.1, -0.05) is 46.8 Å². The van der Waals surface area contributed by atoms with Gasteiger partial charge < -0.3 is 0 Å². The minimum Gasteiger partial charge on any atom is -0.256 e. The molecule has 0 unspecified atom stereocenters. The maximum atomic E-state index is 4.75. The molecule has 0 N–H and O–H groups in total. The van der Waals surface area contributed by atoms with E-state index in [2.05, 4.69) is 63.1 Å². The highest BCUT2D eigenvalue weighted by Crippen LogP contribution is 2.25. The summed E-state index contributed by atoms with van der Waals surface area (Å²) in [5, 5.41) is 5.90. The van der Waals surface area contributed by atoms with Crippen molar-refractivity contribution in [2.75, 3.05) is 0 Å². The first-order valence-corrected chi connectivity index (χ1v) is 7.87. The second-order valence-corrected chi connectivity index (χ2v) is 6.24. The summed E-state index contributed by atoms with van der Waals surface area (Å²) in [6.07, 6.45) is 3.91. The van der Waals surface area contributed by atoms with Gasteiger partial charge in [0.05, 0.1) is 16.9 Å². The van der Waals surface area contributed by atoms with Crippen LogP contribution < -0.4 is 0 Å². The van der Waals surface area contributed by atoms with Crippen LogP contribution in [0.5, 0.6) is 0 Å². The van der Waals surface area contributed by atoms with E-state index in [0.717, 1.165) is 22.3 Å². The van der Waals surface area contributed by atoms with Crippen molar-refractivity contribution in [3.8, 4) is 5.69 Å². The average Bonchev–Trinajstić information content (AvgIpc) is 2.91. The van der Waals surface area contributed by atoms with Gasteiger partial charge in [0.25, 0.3) is 0 Å². The lowest BCUT2D eigenvalue weighted by Crippen LogP contribution is -2.14. The van der Waals surface area contributed by atoms with Crippen LogP contribution in [0.4, 0.5) is 0 Å². The van der Waals surface area contributed by atoms with Gasteiger partial charge in [0.2, 0.25) is 0 Å². The summed E-state index contributed by atoms with van der Waals surface area (Å²) in [6, 6.07) is 10.3. The Balaban J connectivity index is 0.000000847. The zero-order chi connectivity index (χ0) is 16.3. The molecule has 0 bridgehead atoms. The Labute approximate surface area is 133 Å². The lowest BCUT2D eigenvalue weighted by atomic mass is 9.90.